The molecule has 24 heavy (non-hydrogen) atoms. The quantitative estimate of drug-likeness (QED) is 0.422. The molecule has 0 aliphatic rings. The lowest BCUT2D eigenvalue weighted by molar-refractivity contribution is -0.384. The fourth-order valence-electron chi connectivity index (χ4n) is 1.98. The van der Waals surface area contributed by atoms with E-state index in [9.17, 15) is 14.9 Å². The zero-order valence-corrected chi connectivity index (χ0v) is 13.7. The van der Waals surface area contributed by atoms with E-state index in [0.29, 0.717) is 15.7 Å². The number of hydrogen-bond acceptors (Lipinski definition) is 5. The van der Waals surface area contributed by atoms with Crippen molar-refractivity contribution in [2.24, 2.45) is 0 Å². The first kappa shape index (κ1) is 16.1. The number of anilines is 1. The molecule has 0 atom stereocenters. The highest BCUT2D eigenvalue weighted by Crippen LogP contribution is 2.28. The number of aromatic nitrogens is 1. The molecule has 2 aromatic carbocycles. The summed E-state index contributed by atoms with van der Waals surface area (Å²) in [5.41, 5.74) is 1.45. The van der Waals surface area contributed by atoms with Gasteiger partial charge in [0.25, 0.3) is 5.69 Å². The average Bonchev–Trinajstić information content (AvgIpc) is 2.94. The summed E-state index contributed by atoms with van der Waals surface area (Å²) in [6.07, 6.45) is 2.92. The van der Waals surface area contributed by atoms with Gasteiger partial charge in [-0.1, -0.05) is 22.9 Å². The van der Waals surface area contributed by atoms with E-state index < -0.39 is 4.92 Å². The smallest absolute Gasteiger partial charge is 0.269 e. The maximum absolute atomic E-state index is 11.9. The van der Waals surface area contributed by atoms with E-state index in [1.807, 2.05) is 0 Å². The zero-order valence-electron chi connectivity index (χ0n) is 12.1. The Balaban J connectivity index is 1.68. The van der Waals surface area contributed by atoms with Gasteiger partial charge in [0.2, 0.25) is 5.91 Å². The van der Waals surface area contributed by atoms with Crippen molar-refractivity contribution in [3.63, 3.8) is 0 Å². The van der Waals surface area contributed by atoms with Gasteiger partial charge >= 0.3 is 0 Å². The van der Waals surface area contributed by atoms with Gasteiger partial charge in [-0.15, -0.1) is 0 Å². The highest BCUT2D eigenvalue weighted by atomic mass is 35.5. The molecule has 0 fully saturated rings. The van der Waals surface area contributed by atoms with Crippen molar-refractivity contribution in [1.29, 1.82) is 0 Å². The molecule has 1 N–H and O–H groups in total. The summed E-state index contributed by atoms with van der Waals surface area (Å²) in [6, 6.07) is 11.2. The molecule has 0 unspecified atom stereocenters. The van der Waals surface area contributed by atoms with E-state index in [-0.39, 0.29) is 11.6 Å². The molecule has 3 aromatic rings. The minimum Gasteiger partial charge on any atom is -0.298 e. The van der Waals surface area contributed by atoms with Crippen LogP contribution in [0.25, 0.3) is 16.3 Å². The normalized spacial score (nSPS) is 11.0. The molecule has 3 rings (SSSR count). The summed E-state index contributed by atoms with van der Waals surface area (Å²) in [4.78, 5) is 26.4. The summed E-state index contributed by atoms with van der Waals surface area (Å²) < 4.78 is 0.886. The van der Waals surface area contributed by atoms with Crippen LogP contribution in [0.5, 0.6) is 0 Å². The van der Waals surface area contributed by atoms with Gasteiger partial charge in [-0.3, -0.25) is 20.2 Å². The number of thiazole rings is 1. The lowest BCUT2D eigenvalue weighted by atomic mass is 10.2. The molecule has 0 saturated carbocycles. The lowest BCUT2D eigenvalue weighted by Crippen LogP contribution is -2.07. The van der Waals surface area contributed by atoms with Crippen molar-refractivity contribution in [2.75, 3.05) is 5.32 Å². The molecular formula is C16H10ClN3O3S. The molecule has 0 aliphatic carbocycles. The summed E-state index contributed by atoms with van der Waals surface area (Å²) in [6.45, 7) is 0. The van der Waals surface area contributed by atoms with Gasteiger partial charge < -0.3 is 0 Å². The van der Waals surface area contributed by atoms with Crippen LogP contribution in [0.3, 0.4) is 0 Å². The molecule has 0 saturated heterocycles. The first-order chi connectivity index (χ1) is 11.5. The van der Waals surface area contributed by atoms with Gasteiger partial charge in [-0.2, -0.15) is 0 Å². The molecule has 6 nitrogen and oxygen atoms in total. The third kappa shape index (κ3) is 3.76. The number of amides is 1. The standard InChI is InChI=1S/C16H10ClN3O3S/c17-11-4-7-13-14(9-11)24-16(18-13)19-15(21)8-3-10-1-5-12(6-2-10)20(22)23/h1-9H,(H,18,19,21)/b8-3+. The third-order valence-corrected chi connectivity index (χ3v) is 4.28. The molecule has 0 aliphatic heterocycles. The van der Waals surface area contributed by atoms with E-state index in [1.165, 1.54) is 29.5 Å². The van der Waals surface area contributed by atoms with Crippen molar-refractivity contribution in [3.05, 3.63) is 69.2 Å². The van der Waals surface area contributed by atoms with E-state index in [0.717, 1.165) is 10.2 Å². The lowest BCUT2D eigenvalue weighted by Gasteiger charge is -1.96. The fraction of sp³-hybridized carbons (Fsp3) is 0. The molecule has 0 spiro atoms. The maximum Gasteiger partial charge on any atom is 0.269 e. The van der Waals surface area contributed by atoms with Crippen molar-refractivity contribution < 1.29 is 9.72 Å². The van der Waals surface area contributed by atoms with Gasteiger partial charge in [0.1, 0.15) is 0 Å². The number of carbonyl (C=O) groups excluding carboxylic acids is 1. The monoisotopic (exact) mass is 359 g/mol. The van der Waals surface area contributed by atoms with Crippen molar-refractivity contribution in [2.45, 2.75) is 0 Å². The largest absolute Gasteiger partial charge is 0.298 e. The molecule has 8 heteroatoms. The van der Waals surface area contributed by atoms with Crippen LogP contribution in [-0.4, -0.2) is 15.8 Å². The maximum atomic E-state index is 11.9. The molecule has 0 bridgehead atoms. The van der Waals surface area contributed by atoms with Crippen molar-refractivity contribution in [3.8, 4) is 0 Å². The van der Waals surface area contributed by atoms with E-state index in [2.05, 4.69) is 10.3 Å². The van der Waals surface area contributed by atoms with Crippen LogP contribution >= 0.6 is 22.9 Å². The highest BCUT2D eigenvalue weighted by molar-refractivity contribution is 7.22. The summed E-state index contributed by atoms with van der Waals surface area (Å²) in [5.74, 6) is -0.335. The first-order valence-electron chi connectivity index (χ1n) is 6.81. The number of non-ortho nitro benzene ring substituents is 1. The number of hydrogen-bond donors (Lipinski definition) is 1. The number of nitro benzene ring substituents is 1. The van der Waals surface area contributed by atoms with Gasteiger partial charge in [0.05, 0.1) is 15.1 Å². The number of nitro groups is 1. The average molecular weight is 360 g/mol. The Labute approximate surface area is 145 Å². The van der Waals surface area contributed by atoms with Crippen molar-refractivity contribution >= 4 is 56.0 Å². The Morgan fingerprint density at radius 3 is 2.71 bits per heavy atom. The molecular weight excluding hydrogens is 350 g/mol. The zero-order chi connectivity index (χ0) is 17.1. The van der Waals surface area contributed by atoms with E-state index >= 15 is 0 Å². The Morgan fingerprint density at radius 2 is 2.00 bits per heavy atom. The van der Waals surface area contributed by atoms with Gasteiger partial charge in [0, 0.05) is 23.2 Å². The van der Waals surface area contributed by atoms with Crippen LogP contribution in [0, 0.1) is 10.1 Å². The van der Waals surface area contributed by atoms with Crippen LogP contribution in [-0.2, 0) is 4.79 Å². The van der Waals surface area contributed by atoms with Crippen LogP contribution in [0.1, 0.15) is 5.56 Å². The number of fused-ring (bicyclic) bond motifs is 1. The molecule has 1 aromatic heterocycles. The minimum atomic E-state index is -0.473. The van der Waals surface area contributed by atoms with Crippen LogP contribution in [0.15, 0.2) is 48.5 Å². The number of rotatable bonds is 4. The highest BCUT2D eigenvalue weighted by Gasteiger charge is 2.07. The molecule has 120 valence electrons. The van der Waals surface area contributed by atoms with Crippen LogP contribution in [0.4, 0.5) is 10.8 Å². The van der Waals surface area contributed by atoms with E-state index in [1.54, 1.807) is 36.4 Å². The molecule has 0 radical (unpaired) electrons. The Kier molecular flexibility index (Phi) is 4.54. The SMILES string of the molecule is O=C(/C=C/c1ccc([N+](=O)[O-])cc1)Nc1nc2ccc(Cl)cc2s1. The second kappa shape index (κ2) is 6.77. The predicted molar refractivity (Wildman–Crippen MR) is 95.4 cm³/mol. The van der Waals surface area contributed by atoms with Crippen LogP contribution in [0.2, 0.25) is 5.02 Å². The van der Waals surface area contributed by atoms with Gasteiger partial charge in [0.15, 0.2) is 5.13 Å². The Bertz CT molecular complexity index is 951. The number of nitrogens with one attached hydrogen (secondary N) is 1. The van der Waals surface area contributed by atoms with Gasteiger partial charge in [-0.05, 0) is 42.0 Å². The van der Waals surface area contributed by atoms with Crippen molar-refractivity contribution in [1.82, 2.24) is 4.98 Å². The minimum absolute atomic E-state index is 0.00439. The van der Waals surface area contributed by atoms with E-state index in [4.69, 9.17) is 11.6 Å². The molecule has 1 amide bonds. The topological polar surface area (TPSA) is 85.1 Å². The number of carbonyl (C=O) groups is 1. The number of halogens is 1. The number of nitrogens with zero attached hydrogens (tertiary/aromatic N) is 2. The number of benzene rings is 2. The summed E-state index contributed by atoms with van der Waals surface area (Å²) in [5, 5.41) is 14.4. The van der Waals surface area contributed by atoms with Gasteiger partial charge in [-0.25, -0.2) is 4.98 Å². The second-order valence-corrected chi connectivity index (χ2v) is 6.27. The second-order valence-electron chi connectivity index (χ2n) is 4.80. The molecule has 1 heterocycles. The Hall–Kier alpha value is -2.77. The summed E-state index contributed by atoms with van der Waals surface area (Å²) in [7, 11) is 0. The van der Waals surface area contributed by atoms with Crippen LogP contribution < -0.4 is 5.32 Å². The summed E-state index contributed by atoms with van der Waals surface area (Å²) >= 11 is 7.25. The first-order valence-corrected chi connectivity index (χ1v) is 8.00. The predicted octanol–water partition coefficient (Wildman–Crippen LogP) is 4.51. The third-order valence-electron chi connectivity index (χ3n) is 3.11. The Morgan fingerprint density at radius 1 is 1.25 bits per heavy atom. The fourth-order valence-corrected chi connectivity index (χ4v) is 3.12.